The van der Waals surface area contributed by atoms with E-state index in [-0.39, 0.29) is 11.7 Å². The first-order valence-corrected chi connectivity index (χ1v) is 9.04. The van der Waals surface area contributed by atoms with Gasteiger partial charge in [-0.05, 0) is 47.2 Å². The second-order valence-electron chi connectivity index (χ2n) is 5.55. The molecule has 3 aromatic carbocycles. The summed E-state index contributed by atoms with van der Waals surface area (Å²) in [5, 5.41) is 1.72. The van der Waals surface area contributed by atoms with Gasteiger partial charge in [-0.25, -0.2) is 8.42 Å². The Morgan fingerprint density at radius 2 is 1.68 bits per heavy atom. The van der Waals surface area contributed by atoms with Gasteiger partial charge < -0.3 is 14.2 Å². The van der Waals surface area contributed by atoms with Crippen LogP contribution in [0.15, 0.2) is 59.5 Å². The van der Waals surface area contributed by atoms with E-state index >= 15 is 0 Å². The Labute approximate surface area is 145 Å². The summed E-state index contributed by atoms with van der Waals surface area (Å²) in [6.45, 7) is 0.139. The maximum Gasteiger partial charge on any atom is 0.261 e. The van der Waals surface area contributed by atoms with Crippen molar-refractivity contribution in [3.05, 3.63) is 54.6 Å². The molecular weight excluding hydrogens is 342 g/mol. The molecule has 0 aromatic heterocycles. The lowest BCUT2D eigenvalue weighted by atomic mass is 10.1. The fraction of sp³-hybridized carbons (Fsp3) is 0.111. The van der Waals surface area contributed by atoms with Crippen LogP contribution in [-0.2, 0) is 10.0 Å². The monoisotopic (exact) mass is 357 g/mol. The number of methoxy groups -OCH3 is 1. The van der Waals surface area contributed by atoms with Crippen molar-refractivity contribution in [1.82, 2.24) is 0 Å². The fourth-order valence-corrected chi connectivity index (χ4v) is 3.75. The Morgan fingerprint density at radius 3 is 2.52 bits per heavy atom. The molecule has 1 heterocycles. The summed E-state index contributed by atoms with van der Waals surface area (Å²) in [5.41, 5.74) is 0.416. The van der Waals surface area contributed by atoms with Crippen LogP contribution in [0.5, 0.6) is 17.2 Å². The topological polar surface area (TPSA) is 73.9 Å². The molecule has 0 amide bonds. The molecule has 1 aliphatic heterocycles. The molecule has 4 rings (SSSR count). The Hall–Kier alpha value is -2.93. The van der Waals surface area contributed by atoms with Crippen molar-refractivity contribution in [2.24, 2.45) is 0 Å². The normalized spacial score (nSPS) is 13.0. The minimum Gasteiger partial charge on any atom is -0.497 e. The molecule has 0 bridgehead atoms. The number of rotatable bonds is 4. The van der Waals surface area contributed by atoms with Crippen LogP contribution >= 0.6 is 0 Å². The zero-order valence-electron chi connectivity index (χ0n) is 13.4. The Bertz CT molecular complexity index is 1060. The number of fused-ring (bicyclic) bond motifs is 2. The summed E-state index contributed by atoms with van der Waals surface area (Å²) < 4.78 is 43.6. The second kappa shape index (κ2) is 5.86. The largest absolute Gasteiger partial charge is 0.497 e. The molecule has 7 heteroatoms. The molecule has 6 nitrogen and oxygen atoms in total. The van der Waals surface area contributed by atoms with Gasteiger partial charge in [0.1, 0.15) is 5.75 Å². The highest BCUT2D eigenvalue weighted by molar-refractivity contribution is 7.92. The molecule has 0 fully saturated rings. The van der Waals surface area contributed by atoms with Gasteiger partial charge in [-0.1, -0.05) is 12.1 Å². The average Bonchev–Trinajstić information content (AvgIpc) is 3.08. The van der Waals surface area contributed by atoms with Gasteiger partial charge in [-0.3, -0.25) is 4.72 Å². The van der Waals surface area contributed by atoms with Gasteiger partial charge in [0, 0.05) is 6.07 Å². The number of hydrogen-bond acceptors (Lipinski definition) is 5. The first-order chi connectivity index (χ1) is 12.0. The summed E-state index contributed by atoms with van der Waals surface area (Å²) in [5.74, 6) is 1.84. The van der Waals surface area contributed by atoms with Gasteiger partial charge >= 0.3 is 0 Å². The van der Waals surface area contributed by atoms with E-state index < -0.39 is 10.0 Å². The molecule has 1 aliphatic rings. The summed E-state index contributed by atoms with van der Waals surface area (Å²) in [6, 6.07) is 15.3. The second-order valence-corrected chi connectivity index (χ2v) is 7.23. The third-order valence-corrected chi connectivity index (χ3v) is 5.33. The summed E-state index contributed by atoms with van der Waals surface area (Å²) in [6.07, 6.45) is 0. The van der Waals surface area contributed by atoms with Crippen LogP contribution in [0.2, 0.25) is 0 Å². The van der Waals surface area contributed by atoms with E-state index in [0.717, 1.165) is 16.5 Å². The third-order valence-electron chi connectivity index (χ3n) is 3.95. The van der Waals surface area contributed by atoms with Gasteiger partial charge in [-0.15, -0.1) is 0 Å². The van der Waals surface area contributed by atoms with E-state index in [2.05, 4.69) is 4.72 Å². The van der Waals surface area contributed by atoms with E-state index in [1.165, 1.54) is 0 Å². The molecule has 0 atom stereocenters. The first-order valence-electron chi connectivity index (χ1n) is 7.55. The van der Waals surface area contributed by atoms with Crippen molar-refractivity contribution in [2.45, 2.75) is 4.90 Å². The maximum absolute atomic E-state index is 12.7. The lowest BCUT2D eigenvalue weighted by Crippen LogP contribution is -2.12. The molecule has 0 unspecified atom stereocenters. The first kappa shape index (κ1) is 15.6. The number of anilines is 1. The molecule has 0 radical (unpaired) electrons. The SMILES string of the molecule is COc1ccc2cc(S(=O)(=O)Nc3ccc4c(c3)OCO4)ccc2c1. The summed E-state index contributed by atoms with van der Waals surface area (Å²) >= 11 is 0. The fourth-order valence-electron chi connectivity index (χ4n) is 2.67. The van der Waals surface area contributed by atoms with Crippen LogP contribution in [0.4, 0.5) is 5.69 Å². The zero-order chi connectivity index (χ0) is 17.4. The predicted molar refractivity (Wildman–Crippen MR) is 93.9 cm³/mol. The third kappa shape index (κ3) is 2.94. The smallest absolute Gasteiger partial charge is 0.261 e. The highest BCUT2D eigenvalue weighted by atomic mass is 32.2. The molecule has 3 aromatic rings. The molecule has 0 spiro atoms. The molecular formula is C18H15NO5S. The Balaban J connectivity index is 1.66. The zero-order valence-corrected chi connectivity index (χ0v) is 14.2. The highest BCUT2D eigenvalue weighted by Crippen LogP contribution is 2.35. The lowest BCUT2D eigenvalue weighted by molar-refractivity contribution is 0.174. The molecule has 0 saturated heterocycles. The van der Waals surface area contributed by atoms with E-state index in [0.29, 0.717) is 17.2 Å². The Morgan fingerprint density at radius 1 is 0.920 bits per heavy atom. The van der Waals surface area contributed by atoms with Gasteiger partial charge in [0.05, 0.1) is 17.7 Å². The lowest BCUT2D eigenvalue weighted by Gasteiger charge is -2.10. The average molecular weight is 357 g/mol. The van der Waals surface area contributed by atoms with Crippen LogP contribution in [-0.4, -0.2) is 22.3 Å². The number of benzene rings is 3. The quantitative estimate of drug-likeness (QED) is 0.775. The van der Waals surface area contributed by atoms with E-state index in [1.807, 2.05) is 12.1 Å². The number of nitrogens with one attached hydrogen (secondary N) is 1. The van der Waals surface area contributed by atoms with Crippen LogP contribution in [0, 0.1) is 0 Å². The van der Waals surface area contributed by atoms with Gasteiger partial charge in [0.2, 0.25) is 6.79 Å². The van der Waals surface area contributed by atoms with Gasteiger partial charge in [0.15, 0.2) is 11.5 Å². The van der Waals surface area contributed by atoms with Crippen molar-refractivity contribution in [3.8, 4) is 17.2 Å². The van der Waals surface area contributed by atoms with Gasteiger partial charge in [0.25, 0.3) is 10.0 Å². The van der Waals surface area contributed by atoms with Crippen molar-refractivity contribution in [3.63, 3.8) is 0 Å². The highest BCUT2D eigenvalue weighted by Gasteiger charge is 2.18. The van der Waals surface area contributed by atoms with Crippen LogP contribution < -0.4 is 18.9 Å². The number of sulfonamides is 1. The van der Waals surface area contributed by atoms with Crippen molar-refractivity contribution in [1.29, 1.82) is 0 Å². The van der Waals surface area contributed by atoms with E-state index in [9.17, 15) is 8.42 Å². The Kier molecular flexibility index (Phi) is 3.65. The van der Waals surface area contributed by atoms with Gasteiger partial charge in [-0.2, -0.15) is 0 Å². The van der Waals surface area contributed by atoms with Crippen LogP contribution in [0.1, 0.15) is 0 Å². The minimum absolute atomic E-state index is 0.139. The number of hydrogen-bond donors (Lipinski definition) is 1. The molecule has 0 saturated carbocycles. The molecule has 1 N–H and O–H groups in total. The standard InChI is InChI=1S/C18H15NO5S/c1-22-15-5-2-13-9-16(6-3-12(13)8-15)25(20,21)19-14-4-7-17-18(10-14)24-11-23-17/h2-10,19H,11H2,1H3. The van der Waals surface area contributed by atoms with Crippen molar-refractivity contribution < 1.29 is 22.6 Å². The van der Waals surface area contributed by atoms with E-state index in [1.54, 1.807) is 49.6 Å². The van der Waals surface area contributed by atoms with E-state index in [4.69, 9.17) is 14.2 Å². The minimum atomic E-state index is -3.72. The maximum atomic E-state index is 12.7. The van der Waals surface area contributed by atoms with Crippen molar-refractivity contribution >= 4 is 26.5 Å². The van der Waals surface area contributed by atoms with Crippen molar-refractivity contribution in [2.75, 3.05) is 18.6 Å². The predicted octanol–water partition coefficient (Wildman–Crippen LogP) is 3.38. The molecule has 128 valence electrons. The summed E-state index contributed by atoms with van der Waals surface area (Å²) in [7, 11) is -2.12. The summed E-state index contributed by atoms with van der Waals surface area (Å²) in [4.78, 5) is 0.183. The molecule has 0 aliphatic carbocycles. The van der Waals surface area contributed by atoms with Crippen LogP contribution in [0.3, 0.4) is 0 Å². The van der Waals surface area contributed by atoms with Crippen LogP contribution in [0.25, 0.3) is 10.8 Å². The number of ether oxygens (including phenoxy) is 3. The molecule has 25 heavy (non-hydrogen) atoms.